The van der Waals surface area contributed by atoms with Gasteiger partial charge in [-0.2, -0.15) is 0 Å². The third-order valence-corrected chi connectivity index (χ3v) is 5.63. The maximum Gasteiger partial charge on any atom is 0.325 e. The number of carbonyl (C=O) groups excluding carboxylic acids is 3. The Morgan fingerprint density at radius 2 is 1.92 bits per heavy atom. The number of benzene rings is 1. The highest BCUT2D eigenvalue weighted by Crippen LogP contribution is 2.33. The molecule has 1 unspecified atom stereocenters. The maximum atomic E-state index is 12.8. The molecular formula is C20H27N3O3. The molecule has 1 spiro atoms. The number of nitrogens with zero attached hydrogens (tertiary/aromatic N) is 1. The van der Waals surface area contributed by atoms with Gasteiger partial charge in [0.15, 0.2) is 0 Å². The van der Waals surface area contributed by atoms with Crippen molar-refractivity contribution in [2.75, 3.05) is 11.9 Å². The molecule has 2 fully saturated rings. The Kier molecular flexibility index (Phi) is 5.30. The van der Waals surface area contributed by atoms with E-state index in [1.165, 1.54) is 0 Å². The van der Waals surface area contributed by atoms with E-state index in [2.05, 4.69) is 24.5 Å². The number of rotatable bonds is 5. The first-order valence-electron chi connectivity index (χ1n) is 9.50. The van der Waals surface area contributed by atoms with Gasteiger partial charge < -0.3 is 10.6 Å². The van der Waals surface area contributed by atoms with Crippen LogP contribution in [0.25, 0.3) is 0 Å². The fraction of sp³-hybridized carbons (Fsp3) is 0.550. The summed E-state index contributed by atoms with van der Waals surface area (Å²) in [4.78, 5) is 38.6. The molecular weight excluding hydrogens is 330 g/mol. The summed E-state index contributed by atoms with van der Waals surface area (Å²) in [5.41, 5.74) is 1.01. The number of carbonyl (C=O) groups is 3. The topological polar surface area (TPSA) is 78.5 Å². The van der Waals surface area contributed by atoms with E-state index >= 15 is 0 Å². The van der Waals surface area contributed by atoms with Crippen LogP contribution in [0.15, 0.2) is 24.3 Å². The third kappa shape index (κ3) is 3.45. The zero-order valence-electron chi connectivity index (χ0n) is 15.5. The number of imide groups is 1. The molecule has 140 valence electrons. The van der Waals surface area contributed by atoms with Crippen LogP contribution in [0.3, 0.4) is 0 Å². The van der Waals surface area contributed by atoms with Crippen molar-refractivity contribution in [3.05, 3.63) is 29.8 Å². The minimum atomic E-state index is -0.787. The molecule has 1 aliphatic carbocycles. The van der Waals surface area contributed by atoms with Crippen LogP contribution in [0.4, 0.5) is 10.5 Å². The normalized spacial score (nSPS) is 20.2. The van der Waals surface area contributed by atoms with Crippen molar-refractivity contribution >= 4 is 23.5 Å². The van der Waals surface area contributed by atoms with Crippen LogP contribution in [0.5, 0.6) is 0 Å². The molecule has 2 N–H and O–H groups in total. The highest BCUT2D eigenvalue weighted by atomic mass is 16.2. The number of hydrogen-bond acceptors (Lipinski definition) is 3. The Bertz CT molecular complexity index is 710. The van der Waals surface area contributed by atoms with E-state index in [0.717, 1.165) is 41.8 Å². The van der Waals surface area contributed by atoms with Crippen molar-refractivity contribution in [1.29, 1.82) is 0 Å². The van der Waals surface area contributed by atoms with E-state index in [-0.39, 0.29) is 18.4 Å². The van der Waals surface area contributed by atoms with Crippen LogP contribution in [0, 0.1) is 0 Å². The summed E-state index contributed by atoms with van der Waals surface area (Å²) < 4.78 is 0. The van der Waals surface area contributed by atoms with Gasteiger partial charge in [-0.3, -0.25) is 14.5 Å². The van der Waals surface area contributed by atoms with E-state index < -0.39 is 11.6 Å². The summed E-state index contributed by atoms with van der Waals surface area (Å²) in [5, 5.41) is 5.71. The summed E-state index contributed by atoms with van der Waals surface area (Å²) in [6, 6.07) is 7.21. The Morgan fingerprint density at radius 3 is 2.62 bits per heavy atom. The van der Waals surface area contributed by atoms with Crippen LogP contribution >= 0.6 is 0 Å². The molecule has 0 bridgehead atoms. The smallest absolute Gasteiger partial charge is 0.324 e. The quantitative estimate of drug-likeness (QED) is 0.793. The number of hydrogen-bond donors (Lipinski definition) is 2. The highest BCUT2D eigenvalue weighted by Gasteiger charge is 2.51. The van der Waals surface area contributed by atoms with Crippen molar-refractivity contribution in [3.8, 4) is 0 Å². The summed E-state index contributed by atoms with van der Waals surface area (Å²) in [7, 11) is 0. The molecule has 6 nitrogen and oxygen atoms in total. The lowest BCUT2D eigenvalue weighted by atomic mass is 9.82. The van der Waals surface area contributed by atoms with E-state index in [1.54, 1.807) is 0 Å². The number of nitrogens with one attached hydrogen (secondary N) is 2. The van der Waals surface area contributed by atoms with Crippen molar-refractivity contribution in [2.45, 2.75) is 63.8 Å². The van der Waals surface area contributed by atoms with Gasteiger partial charge in [-0.25, -0.2) is 4.79 Å². The average Bonchev–Trinajstić information content (AvgIpc) is 2.86. The first kappa shape index (κ1) is 18.4. The number of anilines is 1. The van der Waals surface area contributed by atoms with Gasteiger partial charge in [-0.05, 0) is 36.8 Å². The molecule has 6 heteroatoms. The Hall–Kier alpha value is -2.37. The minimum absolute atomic E-state index is 0.249. The molecule has 0 radical (unpaired) electrons. The summed E-state index contributed by atoms with van der Waals surface area (Å²) in [5.74, 6) is -0.293. The van der Waals surface area contributed by atoms with Crippen LogP contribution in [-0.2, 0) is 9.59 Å². The second kappa shape index (κ2) is 7.48. The number of urea groups is 1. The van der Waals surface area contributed by atoms with E-state index in [4.69, 9.17) is 0 Å². The van der Waals surface area contributed by atoms with Crippen molar-refractivity contribution in [2.24, 2.45) is 0 Å². The van der Waals surface area contributed by atoms with E-state index in [0.29, 0.717) is 18.8 Å². The lowest BCUT2D eigenvalue weighted by Gasteiger charge is -2.30. The standard InChI is InChI=1S/C20H27N3O3/c1-3-14(2)15-9-5-6-10-16(15)21-17(24)13-23-18(25)20(22-19(23)26)11-7-4-8-12-20/h5-6,9-10,14H,3-4,7-8,11-13H2,1-2H3,(H,21,24)(H,22,26). The highest BCUT2D eigenvalue weighted by molar-refractivity contribution is 6.10. The van der Waals surface area contributed by atoms with Crippen molar-refractivity contribution in [1.82, 2.24) is 10.2 Å². The van der Waals surface area contributed by atoms with Crippen molar-refractivity contribution in [3.63, 3.8) is 0 Å². The number of amides is 4. The van der Waals surface area contributed by atoms with Gasteiger partial charge in [0.1, 0.15) is 12.1 Å². The van der Waals surface area contributed by atoms with Gasteiger partial charge in [0.05, 0.1) is 0 Å². The maximum absolute atomic E-state index is 12.8. The lowest BCUT2D eigenvalue weighted by molar-refractivity contribution is -0.134. The molecule has 1 saturated carbocycles. The Morgan fingerprint density at radius 1 is 1.23 bits per heavy atom. The molecule has 1 atom stereocenters. The Labute approximate surface area is 154 Å². The summed E-state index contributed by atoms with van der Waals surface area (Å²) in [6.07, 6.45) is 5.21. The minimum Gasteiger partial charge on any atom is -0.324 e. The van der Waals surface area contributed by atoms with Gasteiger partial charge >= 0.3 is 6.03 Å². The monoisotopic (exact) mass is 357 g/mol. The molecule has 0 aromatic heterocycles. The molecule has 1 aliphatic heterocycles. The summed E-state index contributed by atoms with van der Waals surface area (Å²) in [6.45, 7) is 3.96. The zero-order chi connectivity index (χ0) is 18.7. The second-order valence-corrected chi connectivity index (χ2v) is 7.41. The molecule has 4 amide bonds. The Balaban J connectivity index is 1.69. The van der Waals surface area contributed by atoms with Crippen LogP contribution in [0.2, 0.25) is 0 Å². The van der Waals surface area contributed by atoms with Crippen LogP contribution < -0.4 is 10.6 Å². The van der Waals surface area contributed by atoms with Crippen LogP contribution in [0.1, 0.15) is 63.9 Å². The van der Waals surface area contributed by atoms with E-state index in [9.17, 15) is 14.4 Å². The molecule has 26 heavy (non-hydrogen) atoms. The summed E-state index contributed by atoms with van der Waals surface area (Å²) >= 11 is 0. The first-order chi connectivity index (χ1) is 12.5. The van der Waals surface area contributed by atoms with Gasteiger partial charge in [-0.15, -0.1) is 0 Å². The SMILES string of the molecule is CCC(C)c1ccccc1NC(=O)CN1C(=O)NC2(CCCCC2)C1=O. The van der Waals surface area contributed by atoms with Crippen molar-refractivity contribution < 1.29 is 14.4 Å². The molecule has 1 heterocycles. The zero-order valence-corrected chi connectivity index (χ0v) is 15.5. The molecule has 1 saturated heterocycles. The van der Waals surface area contributed by atoms with Gasteiger partial charge in [0, 0.05) is 5.69 Å². The molecule has 1 aromatic carbocycles. The van der Waals surface area contributed by atoms with Gasteiger partial charge in [0.2, 0.25) is 5.91 Å². The molecule has 1 aromatic rings. The predicted octanol–water partition coefficient (Wildman–Crippen LogP) is 3.39. The predicted molar refractivity (Wildman–Crippen MR) is 99.8 cm³/mol. The van der Waals surface area contributed by atoms with Crippen LogP contribution in [-0.4, -0.2) is 34.8 Å². The fourth-order valence-electron chi connectivity index (χ4n) is 3.91. The fourth-order valence-corrected chi connectivity index (χ4v) is 3.91. The second-order valence-electron chi connectivity index (χ2n) is 7.41. The van der Waals surface area contributed by atoms with Gasteiger partial charge in [-0.1, -0.05) is 51.3 Å². The lowest BCUT2D eigenvalue weighted by Crippen LogP contribution is -2.48. The molecule has 3 rings (SSSR count). The largest absolute Gasteiger partial charge is 0.325 e. The number of para-hydroxylation sites is 1. The third-order valence-electron chi connectivity index (χ3n) is 5.63. The van der Waals surface area contributed by atoms with E-state index in [1.807, 2.05) is 24.3 Å². The van der Waals surface area contributed by atoms with Gasteiger partial charge in [0.25, 0.3) is 5.91 Å². The first-order valence-corrected chi connectivity index (χ1v) is 9.50. The molecule has 2 aliphatic rings. The average molecular weight is 357 g/mol.